The van der Waals surface area contributed by atoms with E-state index in [9.17, 15) is 4.79 Å². The molecule has 0 bridgehead atoms. The summed E-state index contributed by atoms with van der Waals surface area (Å²) in [6.07, 6.45) is 4.24. The van der Waals surface area contributed by atoms with Gasteiger partial charge in [-0.05, 0) is 114 Å². The minimum atomic E-state index is -0.444. The summed E-state index contributed by atoms with van der Waals surface area (Å²) in [4.78, 5) is 19.3. The molecule has 0 atom stereocenters. The quantitative estimate of drug-likeness (QED) is 0.330. The maximum absolute atomic E-state index is 11.8. The Balaban J connectivity index is 0. The number of carbonyl (C=O) groups is 1. The summed E-state index contributed by atoms with van der Waals surface area (Å²) in [7, 11) is 2.20. The topological polar surface area (TPSA) is 48.1 Å². The van der Waals surface area contributed by atoms with E-state index in [4.69, 9.17) is 4.74 Å². The Morgan fingerprint density at radius 3 is 1.78 bits per heavy atom. The van der Waals surface area contributed by atoms with Crippen LogP contribution in [0.2, 0.25) is 0 Å². The van der Waals surface area contributed by atoms with Gasteiger partial charge in [-0.2, -0.15) is 0 Å². The molecule has 0 aromatic heterocycles. The van der Waals surface area contributed by atoms with Crippen LogP contribution < -0.4 is 5.32 Å². The first kappa shape index (κ1) is 33.3. The van der Waals surface area contributed by atoms with Gasteiger partial charge in [-0.1, -0.05) is 27.2 Å². The van der Waals surface area contributed by atoms with Gasteiger partial charge in [0, 0.05) is 18.6 Å². The number of rotatable bonds is 15. The van der Waals surface area contributed by atoms with E-state index in [1.165, 1.54) is 19.3 Å². The van der Waals surface area contributed by atoms with Crippen molar-refractivity contribution in [3.05, 3.63) is 0 Å². The Hall–Kier alpha value is -0.850. The van der Waals surface area contributed by atoms with E-state index >= 15 is 0 Å². The minimum absolute atomic E-state index is 0.321. The Morgan fingerprint density at radius 2 is 1.34 bits per heavy atom. The van der Waals surface area contributed by atoms with Gasteiger partial charge in [-0.25, -0.2) is 4.79 Å². The van der Waals surface area contributed by atoms with Crippen LogP contribution in [-0.2, 0) is 4.74 Å². The maximum atomic E-state index is 11.8. The van der Waals surface area contributed by atoms with E-state index in [1.807, 2.05) is 20.8 Å². The van der Waals surface area contributed by atoms with Gasteiger partial charge < -0.3 is 24.8 Å². The Bertz CT molecular complexity index is 436. The molecule has 0 radical (unpaired) electrons. The number of hydrogen-bond donors (Lipinski definition) is 1. The van der Waals surface area contributed by atoms with Crippen molar-refractivity contribution in [2.45, 2.75) is 113 Å². The number of ether oxygens (including phenoxy) is 1. The normalized spacial score (nSPS) is 12.0. The number of carbonyl (C=O) groups excluding carboxylic acids is 1. The fourth-order valence-corrected chi connectivity index (χ4v) is 3.22. The average Bonchev–Trinajstić information content (AvgIpc) is 2.66. The van der Waals surface area contributed by atoms with Crippen LogP contribution in [0.15, 0.2) is 0 Å². The van der Waals surface area contributed by atoms with Gasteiger partial charge in [0.25, 0.3) is 0 Å². The lowest BCUT2D eigenvalue weighted by Crippen LogP contribution is -2.37. The molecule has 0 heterocycles. The molecule has 6 heteroatoms. The molecule has 6 nitrogen and oxygen atoms in total. The zero-order valence-corrected chi connectivity index (χ0v) is 23.6. The van der Waals surface area contributed by atoms with Crippen molar-refractivity contribution in [2.24, 2.45) is 0 Å². The van der Waals surface area contributed by atoms with Crippen LogP contribution >= 0.6 is 0 Å². The standard InChI is InChI=1S/C23H50N4O2.C3H8/c1-10-27(21(4)5)19-13-18-26(17-12-15-25(9)20(2)3)16-11-14-24-22(28)29-23(6,7)8;1-3-2/h20-21H,10-19H2,1-9H3,(H,24,28);3H2,1-2H3. The van der Waals surface area contributed by atoms with E-state index in [0.717, 1.165) is 45.7 Å². The molecule has 32 heavy (non-hydrogen) atoms. The van der Waals surface area contributed by atoms with Crippen LogP contribution in [-0.4, -0.2) is 91.3 Å². The van der Waals surface area contributed by atoms with Crippen LogP contribution in [0, 0.1) is 0 Å². The number of nitrogens with one attached hydrogen (secondary N) is 1. The lowest BCUT2D eigenvalue weighted by atomic mass is 10.2. The molecule has 0 spiro atoms. The van der Waals surface area contributed by atoms with Crippen molar-refractivity contribution in [3.63, 3.8) is 0 Å². The van der Waals surface area contributed by atoms with Gasteiger partial charge in [0.05, 0.1) is 0 Å². The first-order valence-corrected chi connectivity index (χ1v) is 13.0. The molecule has 0 unspecified atom stereocenters. The van der Waals surface area contributed by atoms with Crippen LogP contribution in [0.3, 0.4) is 0 Å². The minimum Gasteiger partial charge on any atom is -0.444 e. The Labute approximate surface area is 201 Å². The summed E-state index contributed by atoms with van der Waals surface area (Å²) in [6.45, 7) is 28.4. The van der Waals surface area contributed by atoms with Crippen LogP contribution in [0.1, 0.15) is 94.9 Å². The fourth-order valence-electron chi connectivity index (χ4n) is 3.22. The average molecular weight is 459 g/mol. The van der Waals surface area contributed by atoms with Gasteiger partial charge in [0.2, 0.25) is 0 Å². The van der Waals surface area contributed by atoms with Crippen molar-refractivity contribution >= 4 is 6.09 Å². The van der Waals surface area contributed by atoms with Crippen molar-refractivity contribution in [2.75, 3.05) is 52.9 Å². The zero-order valence-electron chi connectivity index (χ0n) is 23.6. The SMILES string of the molecule is CCC.CCN(CCCN(CCCNC(=O)OC(C)(C)C)CCCN(C)C(C)C)C(C)C. The van der Waals surface area contributed by atoms with Crippen LogP contribution in [0.25, 0.3) is 0 Å². The molecule has 0 aliphatic heterocycles. The summed E-state index contributed by atoms with van der Waals surface area (Å²) in [6, 6.07) is 1.19. The second kappa shape index (κ2) is 19.6. The van der Waals surface area contributed by atoms with E-state index in [2.05, 4.69) is 75.5 Å². The summed E-state index contributed by atoms with van der Waals surface area (Å²) in [5.41, 5.74) is -0.444. The number of amides is 1. The second-order valence-electron chi connectivity index (χ2n) is 10.3. The van der Waals surface area contributed by atoms with E-state index in [1.54, 1.807) is 0 Å². The fraction of sp³-hybridized carbons (Fsp3) is 0.962. The van der Waals surface area contributed by atoms with Gasteiger partial charge in [0.15, 0.2) is 0 Å². The molecule has 0 aliphatic carbocycles. The molecule has 0 aromatic carbocycles. The molecule has 0 fully saturated rings. The highest BCUT2D eigenvalue weighted by atomic mass is 16.6. The summed E-state index contributed by atoms with van der Waals surface area (Å²) in [5, 5.41) is 2.88. The molecule has 0 rings (SSSR count). The lowest BCUT2D eigenvalue weighted by molar-refractivity contribution is 0.0525. The molecule has 0 saturated carbocycles. The predicted molar refractivity (Wildman–Crippen MR) is 141 cm³/mol. The molecule has 194 valence electrons. The molecular formula is C26H58N4O2. The van der Waals surface area contributed by atoms with Crippen molar-refractivity contribution in [3.8, 4) is 0 Å². The predicted octanol–water partition coefficient (Wildman–Crippen LogP) is 5.47. The van der Waals surface area contributed by atoms with Crippen molar-refractivity contribution in [1.82, 2.24) is 20.0 Å². The third kappa shape index (κ3) is 21.0. The van der Waals surface area contributed by atoms with Crippen LogP contribution in [0.4, 0.5) is 4.79 Å². The van der Waals surface area contributed by atoms with E-state index in [-0.39, 0.29) is 6.09 Å². The maximum Gasteiger partial charge on any atom is 0.407 e. The Morgan fingerprint density at radius 1 is 0.844 bits per heavy atom. The van der Waals surface area contributed by atoms with Crippen molar-refractivity contribution in [1.29, 1.82) is 0 Å². The van der Waals surface area contributed by atoms with Gasteiger partial charge in [0.1, 0.15) is 5.60 Å². The van der Waals surface area contributed by atoms with Crippen molar-refractivity contribution < 1.29 is 9.53 Å². The molecule has 1 amide bonds. The molecular weight excluding hydrogens is 400 g/mol. The largest absolute Gasteiger partial charge is 0.444 e. The summed E-state index contributed by atoms with van der Waals surface area (Å²) < 4.78 is 5.31. The Kier molecular flexibility index (Phi) is 20.4. The third-order valence-corrected chi connectivity index (χ3v) is 5.24. The first-order chi connectivity index (χ1) is 14.9. The van der Waals surface area contributed by atoms with E-state index < -0.39 is 5.60 Å². The highest BCUT2D eigenvalue weighted by Gasteiger charge is 2.16. The summed E-state index contributed by atoms with van der Waals surface area (Å²) >= 11 is 0. The number of hydrogen-bond acceptors (Lipinski definition) is 5. The first-order valence-electron chi connectivity index (χ1n) is 13.0. The number of alkyl carbamates (subject to hydrolysis) is 1. The highest BCUT2D eigenvalue weighted by Crippen LogP contribution is 2.07. The monoisotopic (exact) mass is 458 g/mol. The van der Waals surface area contributed by atoms with Gasteiger partial charge in [-0.15, -0.1) is 0 Å². The van der Waals surface area contributed by atoms with Crippen LogP contribution in [0.5, 0.6) is 0 Å². The number of nitrogens with zero attached hydrogens (tertiary/aromatic N) is 3. The third-order valence-electron chi connectivity index (χ3n) is 5.24. The summed E-state index contributed by atoms with van der Waals surface area (Å²) in [5.74, 6) is 0. The molecule has 1 N–H and O–H groups in total. The zero-order chi connectivity index (χ0) is 25.2. The molecule has 0 saturated heterocycles. The lowest BCUT2D eigenvalue weighted by Gasteiger charge is -2.28. The second-order valence-corrected chi connectivity index (χ2v) is 10.3. The smallest absolute Gasteiger partial charge is 0.407 e. The molecule has 0 aromatic rings. The van der Waals surface area contributed by atoms with Gasteiger partial charge >= 0.3 is 6.09 Å². The molecule has 0 aliphatic rings. The van der Waals surface area contributed by atoms with E-state index in [0.29, 0.717) is 18.6 Å². The highest BCUT2D eigenvalue weighted by molar-refractivity contribution is 5.67. The van der Waals surface area contributed by atoms with Gasteiger partial charge in [-0.3, -0.25) is 0 Å².